The van der Waals surface area contributed by atoms with Crippen molar-refractivity contribution in [3.8, 4) is 0 Å². The number of aromatic nitrogens is 2. The van der Waals surface area contributed by atoms with E-state index < -0.39 is 0 Å². The molecule has 18 heavy (non-hydrogen) atoms. The first-order chi connectivity index (χ1) is 8.67. The second-order valence-corrected chi connectivity index (χ2v) is 5.02. The minimum absolute atomic E-state index is 0.178. The summed E-state index contributed by atoms with van der Waals surface area (Å²) in [7, 11) is 1.81. The minimum atomic E-state index is -0.301. The van der Waals surface area contributed by atoms with Crippen molar-refractivity contribution in [2.45, 2.75) is 19.4 Å². The van der Waals surface area contributed by atoms with Crippen molar-refractivity contribution < 1.29 is 4.39 Å². The monoisotopic (exact) mass is 285 g/mol. The standard InChI is InChI=1S/C12H13ClFN3S/c1-3-10-12(18-17-16-10)11(15-2)8-6-7(14)4-5-9(8)13/h4-6,11,15H,3H2,1-2H3. The zero-order valence-electron chi connectivity index (χ0n) is 10.1. The van der Waals surface area contributed by atoms with Gasteiger partial charge in [0.05, 0.1) is 16.6 Å². The van der Waals surface area contributed by atoms with Crippen LogP contribution in [0.1, 0.15) is 29.1 Å². The number of benzene rings is 1. The molecule has 1 heterocycles. The predicted molar refractivity (Wildman–Crippen MR) is 71.6 cm³/mol. The van der Waals surface area contributed by atoms with Gasteiger partial charge in [0.1, 0.15) is 5.82 Å². The first kappa shape index (κ1) is 13.4. The molecule has 0 saturated heterocycles. The molecule has 0 aliphatic carbocycles. The van der Waals surface area contributed by atoms with Crippen LogP contribution in [-0.2, 0) is 6.42 Å². The van der Waals surface area contributed by atoms with Crippen molar-refractivity contribution in [1.82, 2.24) is 14.9 Å². The van der Waals surface area contributed by atoms with Crippen LogP contribution in [0.25, 0.3) is 0 Å². The van der Waals surface area contributed by atoms with Crippen LogP contribution in [0.15, 0.2) is 18.2 Å². The molecule has 0 amide bonds. The lowest BCUT2D eigenvalue weighted by Crippen LogP contribution is -2.18. The lowest BCUT2D eigenvalue weighted by Gasteiger charge is -2.17. The first-order valence-corrected chi connectivity index (χ1v) is 6.75. The quantitative estimate of drug-likeness (QED) is 0.937. The SMILES string of the molecule is CCc1nnsc1C(NC)c1cc(F)ccc1Cl. The number of hydrogen-bond acceptors (Lipinski definition) is 4. The summed E-state index contributed by atoms with van der Waals surface area (Å²) in [5.41, 5.74) is 1.62. The van der Waals surface area contributed by atoms with Crippen molar-refractivity contribution in [1.29, 1.82) is 0 Å². The van der Waals surface area contributed by atoms with Crippen molar-refractivity contribution in [2.24, 2.45) is 0 Å². The highest BCUT2D eigenvalue weighted by molar-refractivity contribution is 7.05. The molecular formula is C12H13ClFN3S. The third-order valence-electron chi connectivity index (χ3n) is 2.74. The largest absolute Gasteiger partial charge is 0.309 e. The van der Waals surface area contributed by atoms with Gasteiger partial charge in [0.25, 0.3) is 0 Å². The summed E-state index contributed by atoms with van der Waals surface area (Å²) in [6, 6.07) is 4.19. The van der Waals surface area contributed by atoms with Crippen LogP contribution in [-0.4, -0.2) is 16.6 Å². The lowest BCUT2D eigenvalue weighted by molar-refractivity contribution is 0.617. The number of hydrogen-bond donors (Lipinski definition) is 1. The highest BCUT2D eigenvalue weighted by Crippen LogP contribution is 2.32. The van der Waals surface area contributed by atoms with Gasteiger partial charge in [0.15, 0.2) is 0 Å². The van der Waals surface area contributed by atoms with Gasteiger partial charge in [0, 0.05) is 5.02 Å². The predicted octanol–water partition coefficient (Wildman–Crippen LogP) is 3.20. The molecule has 1 N–H and O–H groups in total. The molecule has 0 bridgehead atoms. The summed E-state index contributed by atoms with van der Waals surface area (Å²) >= 11 is 7.45. The Hall–Kier alpha value is -1.04. The molecule has 6 heteroatoms. The molecule has 3 nitrogen and oxygen atoms in total. The Morgan fingerprint density at radius 3 is 2.94 bits per heavy atom. The summed E-state index contributed by atoms with van der Waals surface area (Å²) in [6.07, 6.45) is 0.789. The Balaban J connectivity index is 2.48. The van der Waals surface area contributed by atoms with Crippen LogP contribution in [0.2, 0.25) is 5.02 Å². The maximum atomic E-state index is 13.4. The topological polar surface area (TPSA) is 37.8 Å². The zero-order chi connectivity index (χ0) is 13.1. The number of aryl methyl sites for hydroxylation is 1. The van der Waals surface area contributed by atoms with Gasteiger partial charge in [-0.2, -0.15) is 0 Å². The van der Waals surface area contributed by atoms with Crippen LogP contribution in [0.3, 0.4) is 0 Å². The maximum absolute atomic E-state index is 13.4. The van der Waals surface area contributed by atoms with Gasteiger partial charge in [-0.25, -0.2) is 4.39 Å². The van der Waals surface area contributed by atoms with Crippen LogP contribution in [0.4, 0.5) is 4.39 Å². The first-order valence-electron chi connectivity index (χ1n) is 5.60. The van der Waals surface area contributed by atoms with E-state index in [0.717, 1.165) is 17.0 Å². The molecule has 0 fully saturated rings. The van der Waals surface area contributed by atoms with Gasteiger partial charge in [-0.15, -0.1) is 5.10 Å². The fraction of sp³-hybridized carbons (Fsp3) is 0.333. The molecule has 2 rings (SSSR count). The molecule has 0 aliphatic heterocycles. The Labute approximate surface area is 114 Å². The molecule has 96 valence electrons. The smallest absolute Gasteiger partial charge is 0.123 e. The van der Waals surface area contributed by atoms with E-state index in [1.807, 2.05) is 14.0 Å². The molecule has 0 saturated carbocycles. The van der Waals surface area contributed by atoms with Crippen LogP contribution in [0.5, 0.6) is 0 Å². The summed E-state index contributed by atoms with van der Waals surface area (Å²) in [5.74, 6) is -0.301. The second-order valence-electron chi connectivity index (χ2n) is 3.82. The number of nitrogens with one attached hydrogen (secondary N) is 1. The van der Waals surface area contributed by atoms with E-state index in [0.29, 0.717) is 10.6 Å². The van der Waals surface area contributed by atoms with Crippen molar-refractivity contribution in [3.05, 3.63) is 45.2 Å². The summed E-state index contributed by atoms with van der Waals surface area (Å²) < 4.78 is 17.3. The van der Waals surface area contributed by atoms with Crippen molar-refractivity contribution in [2.75, 3.05) is 7.05 Å². The number of nitrogens with zero attached hydrogens (tertiary/aromatic N) is 2. The number of rotatable bonds is 4. The van der Waals surface area contributed by atoms with E-state index in [1.54, 1.807) is 6.07 Å². The van der Waals surface area contributed by atoms with E-state index in [9.17, 15) is 4.39 Å². The number of halogens is 2. The van der Waals surface area contributed by atoms with E-state index in [4.69, 9.17) is 11.6 Å². The Morgan fingerprint density at radius 2 is 2.28 bits per heavy atom. The van der Waals surface area contributed by atoms with Gasteiger partial charge in [-0.05, 0) is 48.8 Å². The zero-order valence-corrected chi connectivity index (χ0v) is 11.6. The average molecular weight is 286 g/mol. The van der Waals surface area contributed by atoms with Gasteiger partial charge >= 0.3 is 0 Å². The van der Waals surface area contributed by atoms with Crippen molar-refractivity contribution >= 4 is 23.1 Å². The minimum Gasteiger partial charge on any atom is -0.309 e. The average Bonchev–Trinajstić information content (AvgIpc) is 2.83. The van der Waals surface area contributed by atoms with E-state index in [1.165, 1.54) is 23.7 Å². The van der Waals surface area contributed by atoms with E-state index in [-0.39, 0.29) is 11.9 Å². The third-order valence-corrected chi connectivity index (χ3v) is 3.92. The summed E-state index contributed by atoms with van der Waals surface area (Å²) in [6.45, 7) is 2.01. The van der Waals surface area contributed by atoms with Gasteiger partial charge in [-0.3, -0.25) is 0 Å². The van der Waals surface area contributed by atoms with Gasteiger partial charge in [-0.1, -0.05) is 23.0 Å². The third kappa shape index (κ3) is 2.53. The van der Waals surface area contributed by atoms with Crippen LogP contribution in [0, 0.1) is 5.82 Å². The van der Waals surface area contributed by atoms with Crippen LogP contribution < -0.4 is 5.32 Å². The Morgan fingerprint density at radius 1 is 1.50 bits per heavy atom. The Bertz CT molecular complexity index is 544. The molecule has 0 spiro atoms. The van der Waals surface area contributed by atoms with E-state index in [2.05, 4.69) is 14.9 Å². The molecule has 1 unspecified atom stereocenters. The van der Waals surface area contributed by atoms with Crippen LogP contribution >= 0.6 is 23.1 Å². The molecular weight excluding hydrogens is 273 g/mol. The molecule has 0 aliphatic rings. The molecule has 1 atom stereocenters. The Kier molecular flexibility index (Phi) is 4.27. The molecule has 1 aromatic carbocycles. The molecule has 2 aromatic rings. The van der Waals surface area contributed by atoms with Gasteiger partial charge in [0.2, 0.25) is 0 Å². The van der Waals surface area contributed by atoms with E-state index >= 15 is 0 Å². The second kappa shape index (κ2) is 5.73. The highest BCUT2D eigenvalue weighted by Gasteiger charge is 2.21. The summed E-state index contributed by atoms with van der Waals surface area (Å²) in [5, 5.41) is 7.75. The molecule has 0 radical (unpaired) electrons. The summed E-state index contributed by atoms with van der Waals surface area (Å²) in [4.78, 5) is 0.979. The van der Waals surface area contributed by atoms with Gasteiger partial charge < -0.3 is 5.32 Å². The molecule has 1 aromatic heterocycles. The fourth-order valence-corrected chi connectivity index (χ4v) is 2.94. The lowest BCUT2D eigenvalue weighted by atomic mass is 10.0. The maximum Gasteiger partial charge on any atom is 0.123 e. The highest BCUT2D eigenvalue weighted by atomic mass is 35.5. The fourth-order valence-electron chi connectivity index (χ4n) is 1.84. The van der Waals surface area contributed by atoms with Crippen molar-refractivity contribution in [3.63, 3.8) is 0 Å². The normalized spacial score (nSPS) is 12.7.